The molecule has 0 bridgehead atoms. The monoisotopic (exact) mass is 276 g/mol. The van der Waals surface area contributed by atoms with Gasteiger partial charge < -0.3 is 10.1 Å². The molecule has 2 rings (SSSR count). The lowest BCUT2D eigenvalue weighted by molar-refractivity contribution is -0.648. The molecule has 1 saturated heterocycles. The third kappa shape index (κ3) is 3.81. The topological polar surface area (TPSA) is 29.1 Å². The molecule has 0 unspecified atom stereocenters. The first-order valence-electron chi connectivity index (χ1n) is 7.66. The summed E-state index contributed by atoms with van der Waals surface area (Å²) >= 11 is 0. The Morgan fingerprint density at radius 1 is 1.40 bits per heavy atom. The fourth-order valence-electron chi connectivity index (χ4n) is 3.37. The Hall–Kier alpha value is -0.900. The Balaban J connectivity index is 1.97. The summed E-state index contributed by atoms with van der Waals surface area (Å²) in [7, 11) is 5.85. The van der Waals surface area contributed by atoms with Crippen LogP contribution in [0.1, 0.15) is 31.4 Å². The van der Waals surface area contributed by atoms with Crippen LogP contribution in [-0.4, -0.2) is 37.7 Å². The van der Waals surface area contributed by atoms with Crippen molar-refractivity contribution in [2.45, 2.75) is 31.8 Å². The van der Waals surface area contributed by atoms with Gasteiger partial charge in [-0.25, -0.2) is 0 Å². The largest absolute Gasteiger partial charge is 0.472 e. The van der Waals surface area contributed by atoms with E-state index in [0.717, 1.165) is 13.2 Å². The molecule has 20 heavy (non-hydrogen) atoms. The molecule has 3 heteroatoms. The predicted octanol–water partition coefficient (Wildman–Crippen LogP) is 1.83. The fraction of sp³-hybridized carbons (Fsp3) is 0.588. The quantitative estimate of drug-likeness (QED) is 0.770. The molecule has 0 radical (unpaired) electrons. The highest BCUT2D eigenvalue weighted by Gasteiger charge is 2.28. The maximum absolute atomic E-state index is 5.35. The van der Waals surface area contributed by atoms with Crippen molar-refractivity contribution >= 4 is 0 Å². The standard InChI is InChI=1S/C17H28N2O/c1-14(12-19-11-7-10-16(19)13-20-3)17(18-2)15-8-5-4-6-9-15/h4-6,8-9,14,16-17H,2,7,10-13,18H2,1,3H3/t14-,16-,17-/m1/s1. The van der Waals surface area contributed by atoms with Crippen molar-refractivity contribution in [3.8, 4) is 0 Å². The molecular formula is C17H28N2O. The van der Waals surface area contributed by atoms with E-state index >= 15 is 0 Å². The summed E-state index contributed by atoms with van der Waals surface area (Å²) in [4.78, 5) is 2.59. The Kier molecular flexibility index (Phi) is 6.02. The fourth-order valence-corrected chi connectivity index (χ4v) is 3.37. The average Bonchev–Trinajstić information content (AvgIpc) is 2.88. The number of rotatable bonds is 7. The summed E-state index contributed by atoms with van der Waals surface area (Å²) < 4.78 is 5.35. The number of hydrogen-bond acceptors (Lipinski definition) is 2. The molecule has 0 aliphatic carbocycles. The molecule has 3 atom stereocenters. The van der Waals surface area contributed by atoms with Crippen LogP contribution in [0.5, 0.6) is 0 Å². The third-order valence-corrected chi connectivity index (χ3v) is 4.43. The van der Waals surface area contributed by atoms with Gasteiger partial charge in [0, 0.05) is 31.2 Å². The highest BCUT2D eigenvalue weighted by molar-refractivity contribution is 5.17. The maximum Gasteiger partial charge on any atom is 0.0914 e. The summed E-state index contributed by atoms with van der Waals surface area (Å²) in [6, 6.07) is 11.7. The molecule has 0 saturated carbocycles. The normalized spacial score (nSPS) is 22.9. The molecule has 0 amide bonds. The van der Waals surface area contributed by atoms with Gasteiger partial charge in [0.05, 0.1) is 12.6 Å². The van der Waals surface area contributed by atoms with E-state index in [1.54, 1.807) is 7.11 Å². The van der Waals surface area contributed by atoms with Gasteiger partial charge in [-0.2, -0.15) is 7.05 Å². The minimum atomic E-state index is 0.431. The maximum atomic E-state index is 5.35. The van der Waals surface area contributed by atoms with E-state index in [1.165, 1.54) is 24.9 Å². The van der Waals surface area contributed by atoms with Crippen molar-refractivity contribution in [1.82, 2.24) is 4.90 Å². The lowest BCUT2D eigenvalue weighted by atomic mass is 9.94. The predicted molar refractivity (Wildman–Crippen MR) is 82.1 cm³/mol. The minimum Gasteiger partial charge on any atom is -0.472 e. The van der Waals surface area contributed by atoms with Gasteiger partial charge in [0.15, 0.2) is 0 Å². The Labute approximate surface area is 123 Å². The van der Waals surface area contributed by atoms with Gasteiger partial charge in [0.25, 0.3) is 0 Å². The van der Waals surface area contributed by atoms with E-state index in [0.29, 0.717) is 18.0 Å². The molecule has 112 valence electrons. The summed E-state index contributed by atoms with van der Waals surface area (Å²) in [5.41, 5.74) is 1.37. The second-order valence-corrected chi connectivity index (χ2v) is 5.90. The van der Waals surface area contributed by atoms with Crippen molar-refractivity contribution in [1.29, 1.82) is 0 Å². The Morgan fingerprint density at radius 2 is 2.15 bits per heavy atom. The van der Waals surface area contributed by atoms with Crippen molar-refractivity contribution in [3.05, 3.63) is 42.9 Å². The van der Waals surface area contributed by atoms with Crippen LogP contribution in [0.4, 0.5) is 0 Å². The zero-order chi connectivity index (χ0) is 14.4. The van der Waals surface area contributed by atoms with Gasteiger partial charge in [-0.15, -0.1) is 0 Å². The van der Waals surface area contributed by atoms with E-state index in [2.05, 4.69) is 54.5 Å². The van der Waals surface area contributed by atoms with E-state index < -0.39 is 0 Å². The molecule has 0 spiro atoms. The second kappa shape index (κ2) is 7.77. The van der Waals surface area contributed by atoms with E-state index in [9.17, 15) is 0 Å². The number of nitrogens with zero attached hydrogens (tertiary/aromatic N) is 1. The highest BCUT2D eigenvalue weighted by Crippen LogP contribution is 2.24. The van der Waals surface area contributed by atoms with Gasteiger partial charge in [-0.05, 0) is 19.4 Å². The lowest BCUT2D eigenvalue weighted by Gasteiger charge is -2.31. The number of methoxy groups -OCH3 is 1. The number of hydrogen-bond donors (Lipinski definition) is 1. The molecule has 1 aliphatic rings. The first kappa shape index (κ1) is 15.5. The molecule has 1 aromatic carbocycles. The number of likely N-dealkylation sites (tertiary alicyclic amines) is 1. The Bertz CT molecular complexity index is 382. The summed E-state index contributed by atoms with van der Waals surface area (Å²) in [5, 5.41) is 2.10. The van der Waals surface area contributed by atoms with Gasteiger partial charge >= 0.3 is 0 Å². The summed E-state index contributed by atoms with van der Waals surface area (Å²) in [6.07, 6.45) is 2.56. The van der Waals surface area contributed by atoms with E-state index in [4.69, 9.17) is 4.74 Å². The van der Waals surface area contributed by atoms with E-state index in [1.807, 2.05) is 0 Å². The van der Waals surface area contributed by atoms with Crippen LogP contribution in [0.15, 0.2) is 30.3 Å². The van der Waals surface area contributed by atoms with Crippen LogP contribution in [0.3, 0.4) is 0 Å². The first-order chi connectivity index (χ1) is 9.76. The average molecular weight is 276 g/mol. The smallest absolute Gasteiger partial charge is 0.0914 e. The highest BCUT2D eigenvalue weighted by atomic mass is 16.5. The van der Waals surface area contributed by atoms with Crippen LogP contribution < -0.4 is 5.32 Å². The molecule has 3 nitrogen and oxygen atoms in total. The van der Waals surface area contributed by atoms with Crippen molar-refractivity contribution in [2.24, 2.45) is 5.92 Å². The zero-order valence-corrected chi connectivity index (χ0v) is 12.8. The lowest BCUT2D eigenvalue weighted by Crippen LogP contribution is -2.80. The molecule has 1 heterocycles. The molecule has 1 aliphatic heterocycles. The van der Waals surface area contributed by atoms with Crippen LogP contribution in [0, 0.1) is 13.0 Å². The van der Waals surface area contributed by atoms with Crippen molar-refractivity contribution in [2.75, 3.05) is 26.8 Å². The molecular weight excluding hydrogens is 248 g/mol. The van der Waals surface area contributed by atoms with Gasteiger partial charge in [-0.3, -0.25) is 4.90 Å². The van der Waals surface area contributed by atoms with Crippen molar-refractivity contribution in [3.63, 3.8) is 0 Å². The van der Waals surface area contributed by atoms with E-state index in [-0.39, 0.29) is 0 Å². The second-order valence-electron chi connectivity index (χ2n) is 5.90. The molecule has 1 aromatic rings. The Morgan fingerprint density at radius 3 is 2.80 bits per heavy atom. The van der Waals surface area contributed by atoms with Gasteiger partial charge in [0.1, 0.15) is 0 Å². The third-order valence-electron chi connectivity index (χ3n) is 4.43. The minimum absolute atomic E-state index is 0.431. The number of ether oxygens (including phenoxy) is 1. The molecule has 2 N–H and O–H groups in total. The van der Waals surface area contributed by atoms with Crippen LogP contribution >= 0.6 is 0 Å². The number of nitrogens with two attached hydrogens (primary N) is 1. The number of quaternary nitrogens is 1. The molecule has 0 aromatic heterocycles. The SMILES string of the molecule is [CH2-][NH2+][C@@H](c1ccccc1)[C@H](C)CN1CCC[C@@H]1COC. The molecule has 1 fully saturated rings. The van der Waals surface area contributed by atoms with Crippen molar-refractivity contribution < 1.29 is 10.1 Å². The first-order valence-corrected chi connectivity index (χ1v) is 7.66. The van der Waals surface area contributed by atoms with Crippen LogP contribution in [-0.2, 0) is 4.74 Å². The number of benzene rings is 1. The van der Waals surface area contributed by atoms with Crippen LogP contribution in [0.25, 0.3) is 0 Å². The van der Waals surface area contributed by atoms with Gasteiger partial charge in [-0.1, -0.05) is 37.3 Å². The van der Waals surface area contributed by atoms with Crippen LogP contribution in [0.2, 0.25) is 0 Å². The summed E-state index contributed by atoms with van der Waals surface area (Å²) in [6.45, 7) is 5.52. The van der Waals surface area contributed by atoms with Gasteiger partial charge in [0.2, 0.25) is 0 Å². The summed E-state index contributed by atoms with van der Waals surface area (Å²) in [5.74, 6) is 0.576. The zero-order valence-electron chi connectivity index (χ0n) is 12.8.